The van der Waals surface area contributed by atoms with Gasteiger partial charge in [-0.2, -0.15) is 0 Å². The SMILES string of the molecule is CC1CCCN1CC1(CBr)CCCC1. The van der Waals surface area contributed by atoms with Gasteiger partial charge in [-0.15, -0.1) is 0 Å². The molecular weight excluding hydrogens is 238 g/mol. The molecule has 1 unspecified atom stereocenters. The summed E-state index contributed by atoms with van der Waals surface area (Å²) >= 11 is 3.73. The number of nitrogens with zero attached hydrogens (tertiary/aromatic N) is 1. The van der Waals surface area contributed by atoms with Crippen LogP contribution in [0.4, 0.5) is 0 Å². The van der Waals surface area contributed by atoms with E-state index < -0.39 is 0 Å². The van der Waals surface area contributed by atoms with Crippen LogP contribution in [0.2, 0.25) is 0 Å². The molecule has 2 heteroatoms. The largest absolute Gasteiger partial charge is 0.300 e. The Morgan fingerprint density at radius 2 is 2.00 bits per heavy atom. The van der Waals surface area contributed by atoms with Crippen molar-refractivity contribution in [3.63, 3.8) is 0 Å². The van der Waals surface area contributed by atoms with E-state index in [1.54, 1.807) is 0 Å². The van der Waals surface area contributed by atoms with Crippen molar-refractivity contribution in [2.75, 3.05) is 18.4 Å². The Morgan fingerprint density at radius 3 is 2.50 bits per heavy atom. The smallest absolute Gasteiger partial charge is 0.0100 e. The summed E-state index contributed by atoms with van der Waals surface area (Å²) in [6, 6.07) is 0.839. The highest BCUT2D eigenvalue weighted by Crippen LogP contribution is 2.41. The first-order valence-corrected chi connectivity index (χ1v) is 7.18. The standard InChI is InChI=1S/C12H22BrN/c1-11-5-4-8-14(11)10-12(9-13)6-2-3-7-12/h11H,2-10H2,1H3. The third kappa shape index (κ3) is 2.16. The number of hydrogen-bond donors (Lipinski definition) is 0. The molecule has 1 nitrogen and oxygen atoms in total. The lowest BCUT2D eigenvalue weighted by Crippen LogP contribution is -2.39. The lowest BCUT2D eigenvalue weighted by Gasteiger charge is -2.34. The molecule has 0 amide bonds. The van der Waals surface area contributed by atoms with Gasteiger partial charge in [-0.05, 0) is 44.6 Å². The van der Waals surface area contributed by atoms with Crippen molar-refractivity contribution in [1.29, 1.82) is 0 Å². The quantitative estimate of drug-likeness (QED) is 0.703. The van der Waals surface area contributed by atoms with E-state index in [9.17, 15) is 0 Å². The fourth-order valence-corrected chi connectivity index (χ4v) is 3.86. The molecule has 1 saturated carbocycles. The Bertz CT molecular complexity index is 187. The Hall–Kier alpha value is 0.440. The maximum atomic E-state index is 3.73. The molecule has 14 heavy (non-hydrogen) atoms. The maximum absolute atomic E-state index is 3.73. The predicted molar refractivity (Wildman–Crippen MR) is 65.0 cm³/mol. The van der Waals surface area contributed by atoms with Crippen LogP contribution in [-0.4, -0.2) is 29.4 Å². The van der Waals surface area contributed by atoms with E-state index in [0.29, 0.717) is 5.41 Å². The van der Waals surface area contributed by atoms with Crippen molar-refractivity contribution < 1.29 is 0 Å². The number of hydrogen-bond acceptors (Lipinski definition) is 1. The molecule has 0 bridgehead atoms. The predicted octanol–water partition coefficient (Wildman–Crippen LogP) is 3.43. The van der Waals surface area contributed by atoms with E-state index in [0.717, 1.165) is 6.04 Å². The van der Waals surface area contributed by atoms with E-state index in [1.165, 1.54) is 56.9 Å². The zero-order valence-corrected chi connectivity index (χ0v) is 10.9. The van der Waals surface area contributed by atoms with Crippen molar-refractivity contribution >= 4 is 15.9 Å². The molecular formula is C12H22BrN. The van der Waals surface area contributed by atoms with Gasteiger partial charge in [0.1, 0.15) is 0 Å². The van der Waals surface area contributed by atoms with Gasteiger partial charge in [-0.25, -0.2) is 0 Å². The van der Waals surface area contributed by atoms with Gasteiger partial charge in [-0.3, -0.25) is 0 Å². The molecule has 1 aliphatic heterocycles. The number of likely N-dealkylation sites (tertiary alicyclic amines) is 1. The van der Waals surface area contributed by atoms with Crippen LogP contribution < -0.4 is 0 Å². The van der Waals surface area contributed by atoms with Crippen molar-refractivity contribution in [2.45, 2.75) is 51.5 Å². The van der Waals surface area contributed by atoms with Gasteiger partial charge in [0, 0.05) is 17.9 Å². The molecule has 0 spiro atoms. The first-order chi connectivity index (χ1) is 6.76. The van der Waals surface area contributed by atoms with Gasteiger partial charge < -0.3 is 4.90 Å². The molecule has 0 aromatic rings. The van der Waals surface area contributed by atoms with E-state index in [4.69, 9.17) is 0 Å². The summed E-state index contributed by atoms with van der Waals surface area (Å²) in [4.78, 5) is 2.71. The molecule has 82 valence electrons. The molecule has 0 N–H and O–H groups in total. The van der Waals surface area contributed by atoms with E-state index in [2.05, 4.69) is 27.8 Å². The monoisotopic (exact) mass is 259 g/mol. The fraction of sp³-hybridized carbons (Fsp3) is 1.00. The normalized spacial score (nSPS) is 32.6. The molecule has 0 radical (unpaired) electrons. The Balaban J connectivity index is 1.93. The van der Waals surface area contributed by atoms with E-state index in [1.807, 2.05) is 0 Å². The summed E-state index contributed by atoms with van der Waals surface area (Å²) in [5.74, 6) is 0. The summed E-state index contributed by atoms with van der Waals surface area (Å²) in [5, 5.41) is 1.21. The summed E-state index contributed by atoms with van der Waals surface area (Å²) in [6.07, 6.45) is 8.63. The molecule has 1 heterocycles. The highest BCUT2D eigenvalue weighted by Gasteiger charge is 2.36. The Kier molecular flexibility index (Phi) is 3.54. The number of alkyl halides is 1. The second-order valence-corrected chi connectivity index (χ2v) is 5.86. The third-order valence-electron chi connectivity index (χ3n) is 4.18. The van der Waals surface area contributed by atoms with E-state index >= 15 is 0 Å². The van der Waals surface area contributed by atoms with Gasteiger partial charge in [0.15, 0.2) is 0 Å². The van der Waals surface area contributed by atoms with Crippen LogP contribution in [0.15, 0.2) is 0 Å². The van der Waals surface area contributed by atoms with Gasteiger partial charge in [-0.1, -0.05) is 28.8 Å². The summed E-state index contributed by atoms with van der Waals surface area (Å²) in [5.41, 5.74) is 0.624. The van der Waals surface area contributed by atoms with Crippen LogP contribution in [0.1, 0.15) is 45.4 Å². The Labute approximate surface area is 96.4 Å². The zero-order chi connectivity index (χ0) is 10.0. The highest BCUT2D eigenvalue weighted by atomic mass is 79.9. The first-order valence-electron chi connectivity index (χ1n) is 6.06. The van der Waals surface area contributed by atoms with Crippen molar-refractivity contribution in [1.82, 2.24) is 4.90 Å². The number of halogens is 1. The second-order valence-electron chi connectivity index (χ2n) is 5.30. The molecule has 1 saturated heterocycles. The molecule has 1 atom stereocenters. The van der Waals surface area contributed by atoms with Crippen molar-refractivity contribution in [3.05, 3.63) is 0 Å². The average molecular weight is 260 g/mol. The lowest BCUT2D eigenvalue weighted by molar-refractivity contribution is 0.167. The number of rotatable bonds is 3. The van der Waals surface area contributed by atoms with Crippen LogP contribution >= 0.6 is 15.9 Å². The molecule has 1 aliphatic carbocycles. The first kappa shape index (κ1) is 10.9. The molecule has 2 rings (SSSR count). The zero-order valence-electron chi connectivity index (χ0n) is 9.27. The third-order valence-corrected chi connectivity index (χ3v) is 5.37. The summed E-state index contributed by atoms with van der Waals surface area (Å²) < 4.78 is 0. The van der Waals surface area contributed by atoms with Crippen LogP contribution in [0.3, 0.4) is 0 Å². The average Bonchev–Trinajstić information content (AvgIpc) is 2.79. The topological polar surface area (TPSA) is 3.24 Å². The minimum Gasteiger partial charge on any atom is -0.300 e. The van der Waals surface area contributed by atoms with Gasteiger partial charge >= 0.3 is 0 Å². The van der Waals surface area contributed by atoms with Crippen LogP contribution in [0, 0.1) is 5.41 Å². The minimum atomic E-state index is 0.624. The van der Waals surface area contributed by atoms with Crippen LogP contribution in [0.5, 0.6) is 0 Å². The highest BCUT2D eigenvalue weighted by molar-refractivity contribution is 9.09. The van der Waals surface area contributed by atoms with Crippen molar-refractivity contribution in [2.24, 2.45) is 5.41 Å². The molecule has 0 aromatic heterocycles. The fourth-order valence-electron chi connectivity index (χ4n) is 3.12. The molecule has 2 fully saturated rings. The molecule has 2 aliphatic rings. The summed E-state index contributed by atoms with van der Waals surface area (Å²) in [6.45, 7) is 5.08. The van der Waals surface area contributed by atoms with Crippen LogP contribution in [0.25, 0.3) is 0 Å². The molecule has 0 aromatic carbocycles. The second kappa shape index (κ2) is 4.52. The van der Waals surface area contributed by atoms with E-state index in [-0.39, 0.29) is 0 Å². The van der Waals surface area contributed by atoms with Gasteiger partial charge in [0.05, 0.1) is 0 Å². The minimum absolute atomic E-state index is 0.624. The van der Waals surface area contributed by atoms with Gasteiger partial charge in [0.2, 0.25) is 0 Å². The van der Waals surface area contributed by atoms with Crippen molar-refractivity contribution in [3.8, 4) is 0 Å². The van der Waals surface area contributed by atoms with Crippen LogP contribution in [-0.2, 0) is 0 Å². The Morgan fingerprint density at radius 1 is 1.29 bits per heavy atom. The van der Waals surface area contributed by atoms with Gasteiger partial charge in [0.25, 0.3) is 0 Å². The lowest BCUT2D eigenvalue weighted by atomic mass is 9.88. The maximum Gasteiger partial charge on any atom is 0.0100 e. The summed E-state index contributed by atoms with van der Waals surface area (Å²) in [7, 11) is 0.